The average Bonchev–Trinajstić information content (AvgIpc) is 2.65. The molecule has 0 atom stereocenters. The molecule has 7 heteroatoms. The average molecular weight is 409 g/mol. The predicted molar refractivity (Wildman–Crippen MR) is 110 cm³/mol. The number of benzene rings is 1. The number of Topliss-reactive ketones (excluding diaryl/α,β-unsaturated/α-hetero) is 1. The molecule has 1 saturated heterocycles. The van der Waals surface area contributed by atoms with E-state index in [2.05, 4.69) is 13.8 Å². The summed E-state index contributed by atoms with van der Waals surface area (Å²) in [6.45, 7) is 11.1. The van der Waals surface area contributed by atoms with Crippen LogP contribution in [0.15, 0.2) is 29.2 Å². The van der Waals surface area contributed by atoms with E-state index in [9.17, 15) is 18.0 Å². The molecule has 0 aliphatic carbocycles. The van der Waals surface area contributed by atoms with Crippen molar-refractivity contribution in [2.75, 3.05) is 19.6 Å². The number of sulfonamides is 1. The lowest BCUT2D eigenvalue weighted by atomic mass is 9.95. The lowest BCUT2D eigenvalue weighted by Crippen LogP contribution is -2.47. The molecule has 1 aliphatic heterocycles. The van der Waals surface area contributed by atoms with Gasteiger partial charge in [-0.3, -0.25) is 9.59 Å². The molecule has 1 aromatic carbocycles. The van der Waals surface area contributed by atoms with Crippen molar-refractivity contribution in [1.29, 1.82) is 0 Å². The molecule has 0 unspecified atom stereocenters. The van der Waals surface area contributed by atoms with Crippen LogP contribution in [0.25, 0.3) is 0 Å². The Kier molecular flexibility index (Phi) is 7.39. The second-order valence-electron chi connectivity index (χ2n) is 8.24. The third-order valence-corrected chi connectivity index (χ3v) is 7.08. The molecule has 0 spiro atoms. The number of nitrogens with zero attached hydrogens (tertiary/aromatic N) is 2. The number of carbonyl (C=O) groups is 2. The maximum absolute atomic E-state index is 12.9. The highest BCUT2D eigenvalue weighted by Crippen LogP contribution is 2.26. The van der Waals surface area contributed by atoms with E-state index in [1.807, 2.05) is 18.7 Å². The minimum absolute atomic E-state index is 0.0978. The van der Waals surface area contributed by atoms with Gasteiger partial charge in [-0.15, -0.1) is 0 Å². The third-order valence-electron chi connectivity index (χ3n) is 5.17. The number of hydrogen-bond donors (Lipinski definition) is 0. The van der Waals surface area contributed by atoms with Gasteiger partial charge in [0.25, 0.3) is 0 Å². The van der Waals surface area contributed by atoms with E-state index < -0.39 is 10.0 Å². The summed E-state index contributed by atoms with van der Waals surface area (Å²) in [5.74, 6) is 0.295. The van der Waals surface area contributed by atoms with E-state index in [4.69, 9.17) is 0 Å². The minimum Gasteiger partial charge on any atom is -0.340 e. The van der Waals surface area contributed by atoms with Crippen molar-refractivity contribution in [3.63, 3.8) is 0 Å². The number of ketones is 1. The second kappa shape index (κ2) is 9.18. The van der Waals surface area contributed by atoms with Crippen LogP contribution in [0.5, 0.6) is 0 Å². The topological polar surface area (TPSA) is 74.8 Å². The fourth-order valence-electron chi connectivity index (χ4n) is 3.54. The standard InChI is InChI=1S/C21H32N2O4S/c1-15(2)14-23(16(3)4)21(25)19-10-12-22(13-11-19)28(26,27)20-8-6-18(7-9-20)17(5)24/h6-9,15-16,19H,10-14H2,1-5H3. The van der Waals surface area contributed by atoms with Crippen LogP contribution in [0.4, 0.5) is 0 Å². The zero-order chi connectivity index (χ0) is 21.1. The number of rotatable bonds is 7. The quantitative estimate of drug-likeness (QED) is 0.650. The van der Waals surface area contributed by atoms with Crippen LogP contribution < -0.4 is 0 Å². The number of hydrogen-bond acceptors (Lipinski definition) is 4. The molecule has 1 aliphatic rings. The van der Waals surface area contributed by atoms with Gasteiger partial charge in [0, 0.05) is 37.2 Å². The van der Waals surface area contributed by atoms with Crippen LogP contribution in [0.3, 0.4) is 0 Å². The summed E-state index contributed by atoms with van der Waals surface area (Å²) in [5.41, 5.74) is 0.488. The molecular weight excluding hydrogens is 376 g/mol. The Labute approximate surface area is 169 Å². The SMILES string of the molecule is CC(=O)c1ccc(S(=O)(=O)N2CCC(C(=O)N(CC(C)C)C(C)C)CC2)cc1. The van der Waals surface area contributed by atoms with Crippen LogP contribution >= 0.6 is 0 Å². The maximum Gasteiger partial charge on any atom is 0.243 e. The minimum atomic E-state index is -3.61. The van der Waals surface area contributed by atoms with E-state index in [1.54, 1.807) is 0 Å². The molecule has 6 nitrogen and oxygen atoms in total. The van der Waals surface area contributed by atoms with Crippen molar-refractivity contribution in [3.05, 3.63) is 29.8 Å². The molecule has 1 amide bonds. The summed E-state index contributed by atoms with van der Waals surface area (Å²) in [7, 11) is -3.61. The molecule has 0 bridgehead atoms. The van der Waals surface area contributed by atoms with Crippen LogP contribution in [0.2, 0.25) is 0 Å². The molecule has 0 radical (unpaired) electrons. The summed E-state index contributed by atoms with van der Waals surface area (Å²) in [4.78, 5) is 26.4. The Morgan fingerprint density at radius 1 is 1.07 bits per heavy atom. The highest BCUT2D eigenvalue weighted by Gasteiger charge is 2.34. The molecule has 1 aromatic rings. The second-order valence-corrected chi connectivity index (χ2v) is 10.2. The number of amides is 1. The molecule has 0 N–H and O–H groups in total. The van der Waals surface area contributed by atoms with E-state index >= 15 is 0 Å². The van der Waals surface area contributed by atoms with Crippen molar-refractivity contribution in [3.8, 4) is 0 Å². The number of carbonyl (C=O) groups excluding carboxylic acids is 2. The Balaban J connectivity index is 2.05. The Morgan fingerprint density at radius 3 is 2.04 bits per heavy atom. The maximum atomic E-state index is 12.9. The van der Waals surface area contributed by atoms with Crippen LogP contribution in [-0.2, 0) is 14.8 Å². The third kappa shape index (κ3) is 5.20. The summed E-state index contributed by atoms with van der Waals surface area (Å²) in [5, 5.41) is 0. The van der Waals surface area contributed by atoms with Crippen molar-refractivity contribution in [1.82, 2.24) is 9.21 Å². The van der Waals surface area contributed by atoms with E-state index in [0.29, 0.717) is 37.4 Å². The summed E-state index contributed by atoms with van der Waals surface area (Å²) < 4.78 is 27.2. The van der Waals surface area contributed by atoms with E-state index in [0.717, 1.165) is 6.54 Å². The largest absolute Gasteiger partial charge is 0.340 e. The summed E-state index contributed by atoms with van der Waals surface area (Å²) >= 11 is 0. The van der Waals surface area contributed by atoms with Crippen molar-refractivity contribution in [2.45, 2.75) is 58.4 Å². The van der Waals surface area contributed by atoms with Crippen molar-refractivity contribution >= 4 is 21.7 Å². The first kappa shape index (κ1) is 22.6. The van der Waals surface area contributed by atoms with Gasteiger partial charge < -0.3 is 4.90 Å². The van der Waals surface area contributed by atoms with Crippen molar-refractivity contribution < 1.29 is 18.0 Å². The van der Waals surface area contributed by atoms with Gasteiger partial charge in [-0.1, -0.05) is 26.0 Å². The zero-order valence-electron chi connectivity index (χ0n) is 17.5. The van der Waals surface area contributed by atoms with Gasteiger partial charge in [0.05, 0.1) is 4.90 Å². The van der Waals surface area contributed by atoms with Gasteiger partial charge in [0.15, 0.2) is 5.78 Å². The smallest absolute Gasteiger partial charge is 0.243 e. The summed E-state index contributed by atoms with van der Waals surface area (Å²) in [6, 6.07) is 6.17. The lowest BCUT2D eigenvalue weighted by Gasteiger charge is -2.36. The first-order valence-electron chi connectivity index (χ1n) is 9.95. The monoisotopic (exact) mass is 408 g/mol. The normalized spacial score (nSPS) is 16.5. The Hall–Kier alpha value is -1.73. The Bertz CT molecular complexity index is 792. The molecule has 0 saturated carbocycles. The van der Waals surface area contributed by atoms with Gasteiger partial charge in [0.1, 0.15) is 0 Å². The molecular formula is C21H32N2O4S. The predicted octanol–water partition coefficient (Wildman–Crippen LogP) is 3.18. The van der Waals surface area contributed by atoms with E-state index in [-0.39, 0.29) is 28.5 Å². The molecule has 1 heterocycles. The number of piperidine rings is 1. The van der Waals surface area contributed by atoms with Gasteiger partial charge in [-0.25, -0.2) is 8.42 Å². The molecule has 156 valence electrons. The van der Waals surface area contributed by atoms with Gasteiger partial charge in [-0.05, 0) is 51.7 Å². The van der Waals surface area contributed by atoms with Crippen LogP contribution in [0.1, 0.15) is 57.8 Å². The fraction of sp³-hybridized carbons (Fsp3) is 0.619. The van der Waals surface area contributed by atoms with Crippen molar-refractivity contribution in [2.24, 2.45) is 11.8 Å². The first-order chi connectivity index (χ1) is 13.0. The van der Waals surface area contributed by atoms with Crippen LogP contribution in [0, 0.1) is 11.8 Å². The highest BCUT2D eigenvalue weighted by molar-refractivity contribution is 7.89. The van der Waals surface area contributed by atoms with E-state index in [1.165, 1.54) is 35.5 Å². The van der Waals surface area contributed by atoms with Gasteiger partial charge in [0.2, 0.25) is 15.9 Å². The highest BCUT2D eigenvalue weighted by atomic mass is 32.2. The molecule has 2 rings (SSSR count). The summed E-state index contributed by atoms with van der Waals surface area (Å²) in [6.07, 6.45) is 1.07. The molecule has 1 fully saturated rings. The lowest BCUT2D eigenvalue weighted by molar-refractivity contribution is -0.139. The fourth-order valence-corrected chi connectivity index (χ4v) is 5.01. The zero-order valence-corrected chi connectivity index (χ0v) is 18.3. The van der Waals surface area contributed by atoms with Gasteiger partial charge in [-0.2, -0.15) is 4.31 Å². The molecule has 28 heavy (non-hydrogen) atoms. The Morgan fingerprint density at radius 2 is 1.61 bits per heavy atom. The molecule has 0 aromatic heterocycles. The van der Waals surface area contributed by atoms with Gasteiger partial charge >= 0.3 is 0 Å². The first-order valence-corrected chi connectivity index (χ1v) is 11.4. The van der Waals surface area contributed by atoms with Crippen LogP contribution in [-0.4, -0.2) is 55.0 Å².